The third-order valence-electron chi connectivity index (χ3n) is 2.75. The first kappa shape index (κ1) is 10.4. The zero-order valence-corrected chi connectivity index (χ0v) is 8.99. The largest absolute Gasteiger partial charge is 0.506 e. The summed E-state index contributed by atoms with van der Waals surface area (Å²) in [6.07, 6.45) is 0.636. The summed E-state index contributed by atoms with van der Waals surface area (Å²) >= 11 is 0. The molecular weight excluding hydrogens is 204 g/mol. The number of phenols is 2. The average Bonchev–Trinajstić information content (AvgIpc) is 2.24. The van der Waals surface area contributed by atoms with E-state index < -0.39 is 0 Å². The standard InChI is InChI=1S/C12H14N2O2/c1-2-7-8-5-11(15)9(13)3-6(8)4-10(14)12(7)16/h3-5,15-16H,2,13-14H2,1H3. The minimum Gasteiger partial charge on any atom is -0.506 e. The van der Waals surface area contributed by atoms with Gasteiger partial charge in [-0.15, -0.1) is 0 Å². The van der Waals surface area contributed by atoms with Crippen LogP contribution in [0, 0.1) is 0 Å². The molecule has 0 saturated carbocycles. The van der Waals surface area contributed by atoms with E-state index in [9.17, 15) is 10.2 Å². The molecular formula is C12H14N2O2. The van der Waals surface area contributed by atoms with Gasteiger partial charge in [-0.3, -0.25) is 0 Å². The van der Waals surface area contributed by atoms with Crippen LogP contribution in [0.4, 0.5) is 11.4 Å². The van der Waals surface area contributed by atoms with Crippen molar-refractivity contribution in [3.05, 3.63) is 23.8 Å². The van der Waals surface area contributed by atoms with Gasteiger partial charge >= 0.3 is 0 Å². The van der Waals surface area contributed by atoms with E-state index in [4.69, 9.17) is 11.5 Å². The topological polar surface area (TPSA) is 92.5 Å². The molecule has 4 nitrogen and oxygen atoms in total. The van der Waals surface area contributed by atoms with Crippen molar-refractivity contribution in [3.63, 3.8) is 0 Å². The highest BCUT2D eigenvalue weighted by Gasteiger charge is 2.11. The van der Waals surface area contributed by atoms with Gasteiger partial charge in [0.2, 0.25) is 0 Å². The van der Waals surface area contributed by atoms with Crippen molar-refractivity contribution in [2.24, 2.45) is 0 Å². The van der Waals surface area contributed by atoms with Crippen molar-refractivity contribution < 1.29 is 10.2 Å². The minimum atomic E-state index is 0.0198. The lowest BCUT2D eigenvalue weighted by Gasteiger charge is -2.11. The van der Waals surface area contributed by atoms with Gasteiger partial charge in [-0.05, 0) is 35.4 Å². The van der Waals surface area contributed by atoms with E-state index in [0.29, 0.717) is 17.8 Å². The Morgan fingerprint density at radius 1 is 1.06 bits per heavy atom. The zero-order valence-electron chi connectivity index (χ0n) is 8.99. The monoisotopic (exact) mass is 218 g/mol. The van der Waals surface area contributed by atoms with Crippen molar-refractivity contribution in [1.29, 1.82) is 0 Å². The summed E-state index contributed by atoms with van der Waals surface area (Å²) in [5.74, 6) is 0.102. The van der Waals surface area contributed by atoms with Crippen LogP contribution in [0.15, 0.2) is 18.2 Å². The first-order chi connectivity index (χ1) is 7.54. The van der Waals surface area contributed by atoms with Gasteiger partial charge < -0.3 is 21.7 Å². The van der Waals surface area contributed by atoms with Crippen LogP contribution in [0.2, 0.25) is 0 Å². The molecule has 0 fully saturated rings. The number of aromatic hydroxyl groups is 2. The van der Waals surface area contributed by atoms with Crippen molar-refractivity contribution >= 4 is 22.1 Å². The van der Waals surface area contributed by atoms with E-state index in [1.807, 2.05) is 6.92 Å². The van der Waals surface area contributed by atoms with Gasteiger partial charge in [0.15, 0.2) is 0 Å². The number of phenolic OH excluding ortho intramolecular Hbond substituents is 2. The molecule has 0 radical (unpaired) electrons. The molecule has 16 heavy (non-hydrogen) atoms. The van der Waals surface area contributed by atoms with Crippen LogP contribution < -0.4 is 11.5 Å². The Labute approximate surface area is 93.1 Å². The SMILES string of the molecule is CCc1c(O)c(N)cc2cc(N)c(O)cc12. The van der Waals surface area contributed by atoms with E-state index >= 15 is 0 Å². The van der Waals surface area contributed by atoms with Crippen LogP contribution in [0.3, 0.4) is 0 Å². The van der Waals surface area contributed by atoms with Crippen molar-refractivity contribution in [1.82, 2.24) is 0 Å². The number of nitrogen functional groups attached to an aromatic ring is 2. The normalized spacial score (nSPS) is 10.8. The quantitative estimate of drug-likeness (QED) is 0.435. The molecule has 0 unspecified atom stereocenters. The summed E-state index contributed by atoms with van der Waals surface area (Å²) in [6.45, 7) is 1.92. The highest BCUT2D eigenvalue weighted by molar-refractivity contribution is 5.95. The van der Waals surface area contributed by atoms with Gasteiger partial charge in [0.05, 0.1) is 11.4 Å². The van der Waals surface area contributed by atoms with Crippen molar-refractivity contribution in [3.8, 4) is 11.5 Å². The van der Waals surface area contributed by atoms with Crippen molar-refractivity contribution in [2.45, 2.75) is 13.3 Å². The Balaban J connectivity index is 2.91. The van der Waals surface area contributed by atoms with Crippen LogP contribution in [0.1, 0.15) is 12.5 Å². The van der Waals surface area contributed by atoms with E-state index in [1.165, 1.54) is 0 Å². The van der Waals surface area contributed by atoms with Gasteiger partial charge in [0.25, 0.3) is 0 Å². The third kappa shape index (κ3) is 1.39. The number of rotatable bonds is 1. The lowest BCUT2D eigenvalue weighted by atomic mass is 9.99. The smallest absolute Gasteiger partial charge is 0.142 e. The molecule has 0 aliphatic heterocycles. The van der Waals surface area contributed by atoms with Gasteiger partial charge in [0, 0.05) is 5.56 Å². The second-order valence-corrected chi connectivity index (χ2v) is 3.78. The molecule has 0 heterocycles. The number of fused-ring (bicyclic) bond motifs is 1. The fourth-order valence-corrected chi connectivity index (χ4v) is 1.90. The molecule has 0 saturated heterocycles. The van der Waals surface area contributed by atoms with Gasteiger partial charge in [-0.25, -0.2) is 0 Å². The molecule has 0 amide bonds. The number of hydrogen-bond donors (Lipinski definition) is 4. The maximum Gasteiger partial charge on any atom is 0.142 e. The first-order valence-electron chi connectivity index (χ1n) is 5.07. The number of anilines is 2. The Morgan fingerprint density at radius 2 is 1.69 bits per heavy atom. The first-order valence-corrected chi connectivity index (χ1v) is 5.07. The maximum atomic E-state index is 9.82. The lowest BCUT2D eigenvalue weighted by Crippen LogP contribution is -1.94. The van der Waals surface area contributed by atoms with Crippen LogP contribution >= 0.6 is 0 Å². The summed E-state index contributed by atoms with van der Waals surface area (Å²) in [6, 6.07) is 4.86. The molecule has 2 rings (SSSR count). The lowest BCUT2D eigenvalue weighted by molar-refractivity contribution is 0.472. The minimum absolute atomic E-state index is 0.0198. The Morgan fingerprint density at radius 3 is 2.31 bits per heavy atom. The Hall–Kier alpha value is -2.10. The number of nitrogens with two attached hydrogens (primary N) is 2. The summed E-state index contributed by atoms with van der Waals surface area (Å²) < 4.78 is 0. The zero-order chi connectivity index (χ0) is 11.9. The molecule has 2 aromatic carbocycles. The van der Waals surface area contributed by atoms with E-state index in [-0.39, 0.29) is 11.5 Å². The van der Waals surface area contributed by atoms with Crippen LogP contribution in [-0.2, 0) is 6.42 Å². The van der Waals surface area contributed by atoms with Gasteiger partial charge in [-0.1, -0.05) is 6.92 Å². The highest BCUT2D eigenvalue weighted by atomic mass is 16.3. The Kier molecular flexibility index (Phi) is 2.27. The number of hydrogen-bond acceptors (Lipinski definition) is 4. The molecule has 0 aromatic heterocycles. The molecule has 0 aliphatic carbocycles. The fraction of sp³-hybridized carbons (Fsp3) is 0.167. The second-order valence-electron chi connectivity index (χ2n) is 3.78. The van der Waals surface area contributed by atoms with E-state index in [1.54, 1.807) is 18.2 Å². The average molecular weight is 218 g/mol. The summed E-state index contributed by atoms with van der Waals surface area (Å²) in [5.41, 5.74) is 12.7. The fourth-order valence-electron chi connectivity index (χ4n) is 1.90. The van der Waals surface area contributed by atoms with Gasteiger partial charge in [-0.2, -0.15) is 0 Å². The predicted octanol–water partition coefficient (Wildman–Crippen LogP) is 1.98. The van der Waals surface area contributed by atoms with E-state index in [2.05, 4.69) is 0 Å². The highest BCUT2D eigenvalue weighted by Crippen LogP contribution is 2.37. The number of benzene rings is 2. The molecule has 4 heteroatoms. The number of aryl methyl sites for hydroxylation is 1. The molecule has 0 spiro atoms. The molecule has 6 N–H and O–H groups in total. The summed E-state index contributed by atoms with van der Waals surface area (Å²) in [5, 5.41) is 21.0. The summed E-state index contributed by atoms with van der Waals surface area (Å²) in [4.78, 5) is 0. The maximum absolute atomic E-state index is 9.82. The van der Waals surface area contributed by atoms with Crippen LogP contribution in [0.25, 0.3) is 10.8 Å². The van der Waals surface area contributed by atoms with Crippen LogP contribution in [-0.4, -0.2) is 10.2 Å². The molecule has 84 valence electrons. The van der Waals surface area contributed by atoms with Gasteiger partial charge in [0.1, 0.15) is 11.5 Å². The molecule has 0 aliphatic rings. The molecule has 0 bridgehead atoms. The molecule has 2 aromatic rings. The predicted molar refractivity (Wildman–Crippen MR) is 65.5 cm³/mol. The van der Waals surface area contributed by atoms with Crippen molar-refractivity contribution in [2.75, 3.05) is 11.5 Å². The van der Waals surface area contributed by atoms with E-state index in [0.717, 1.165) is 16.3 Å². The second kappa shape index (κ2) is 3.48. The summed E-state index contributed by atoms with van der Waals surface area (Å²) in [7, 11) is 0. The Bertz CT molecular complexity index is 559. The third-order valence-corrected chi connectivity index (χ3v) is 2.75. The van der Waals surface area contributed by atoms with Crippen LogP contribution in [0.5, 0.6) is 11.5 Å². The molecule has 0 atom stereocenters.